The summed E-state index contributed by atoms with van der Waals surface area (Å²) < 4.78 is 24.2. The van der Waals surface area contributed by atoms with Gasteiger partial charge < -0.3 is 14.6 Å². The van der Waals surface area contributed by atoms with Crippen molar-refractivity contribution in [2.24, 2.45) is 0 Å². The van der Waals surface area contributed by atoms with E-state index in [0.29, 0.717) is 30.9 Å². The van der Waals surface area contributed by atoms with Gasteiger partial charge in [-0.1, -0.05) is 0 Å². The number of aliphatic hydroxyl groups excluding tert-OH is 1. The molecule has 0 bridgehead atoms. The molecule has 1 aromatic rings. The van der Waals surface area contributed by atoms with Gasteiger partial charge in [-0.05, 0) is 26.0 Å². The summed E-state index contributed by atoms with van der Waals surface area (Å²) in [5, 5.41) is 10.0. The van der Waals surface area contributed by atoms with Gasteiger partial charge in [-0.25, -0.2) is 4.39 Å². The second-order valence-corrected chi connectivity index (χ2v) is 4.59. The minimum atomic E-state index is -0.634. The first-order valence-corrected chi connectivity index (χ1v) is 5.78. The first-order valence-electron chi connectivity index (χ1n) is 5.78. The van der Waals surface area contributed by atoms with Gasteiger partial charge in [-0.15, -0.1) is 0 Å². The molecule has 0 saturated carbocycles. The van der Waals surface area contributed by atoms with E-state index < -0.39 is 11.7 Å². The third kappa shape index (κ3) is 2.58. The van der Waals surface area contributed by atoms with Gasteiger partial charge in [0.05, 0.1) is 12.7 Å². The maximum Gasteiger partial charge on any atom is 0.132 e. The molecule has 1 aromatic carbocycles. The van der Waals surface area contributed by atoms with Gasteiger partial charge >= 0.3 is 0 Å². The van der Waals surface area contributed by atoms with E-state index in [1.54, 1.807) is 6.07 Å². The molecule has 17 heavy (non-hydrogen) atoms. The highest BCUT2D eigenvalue weighted by Gasteiger charge is 2.36. The maximum atomic E-state index is 13.1. The van der Waals surface area contributed by atoms with Crippen LogP contribution in [0.25, 0.3) is 0 Å². The Morgan fingerprint density at radius 3 is 3.06 bits per heavy atom. The second-order valence-electron chi connectivity index (χ2n) is 4.59. The van der Waals surface area contributed by atoms with Gasteiger partial charge in [0.25, 0.3) is 0 Å². The van der Waals surface area contributed by atoms with Gasteiger partial charge in [-0.3, -0.25) is 0 Å². The average Bonchev–Trinajstić information content (AvgIpc) is 2.25. The Kier molecular flexibility index (Phi) is 3.35. The minimum Gasteiger partial charge on any atom is -0.485 e. The molecule has 0 amide bonds. The van der Waals surface area contributed by atoms with Gasteiger partial charge in [-0.2, -0.15) is 0 Å². The average molecular weight is 240 g/mol. The zero-order valence-electron chi connectivity index (χ0n) is 10.1. The lowest BCUT2D eigenvalue weighted by Gasteiger charge is -2.37. The predicted molar refractivity (Wildman–Crippen MR) is 61.5 cm³/mol. The summed E-state index contributed by atoms with van der Waals surface area (Å²) in [5.41, 5.74) is 0.0383. The van der Waals surface area contributed by atoms with E-state index in [0.717, 1.165) is 0 Å². The van der Waals surface area contributed by atoms with E-state index in [4.69, 9.17) is 9.47 Å². The van der Waals surface area contributed by atoms with Crippen molar-refractivity contribution in [1.29, 1.82) is 0 Å². The van der Waals surface area contributed by atoms with Crippen LogP contribution in [0.1, 0.15) is 31.9 Å². The number of aliphatic hydroxyl groups is 1. The SMILES string of the molecule is CCOCC1(C)CC(O)c2ccc(F)cc2O1. The number of hydrogen-bond donors (Lipinski definition) is 1. The van der Waals surface area contributed by atoms with Crippen molar-refractivity contribution >= 4 is 0 Å². The van der Waals surface area contributed by atoms with Crippen molar-refractivity contribution in [1.82, 2.24) is 0 Å². The molecule has 1 heterocycles. The molecule has 0 aliphatic carbocycles. The van der Waals surface area contributed by atoms with Crippen LogP contribution in [0.2, 0.25) is 0 Å². The van der Waals surface area contributed by atoms with Crippen molar-refractivity contribution in [3.63, 3.8) is 0 Å². The molecule has 94 valence electrons. The molecule has 0 fully saturated rings. The minimum absolute atomic E-state index is 0.364. The normalized spacial score (nSPS) is 27.4. The van der Waals surface area contributed by atoms with Gasteiger partial charge in [0.1, 0.15) is 17.2 Å². The molecule has 2 unspecified atom stereocenters. The molecule has 1 N–H and O–H groups in total. The molecule has 2 rings (SSSR count). The highest BCUT2D eigenvalue weighted by Crippen LogP contribution is 2.39. The smallest absolute Gasteiger partial charge is 0.132 e. The summed E-state index contributed by atoms with van der Waals surface area (Å²) in [6.45, 7) is 4.73. The topological polar surface area (TPSA) is 38.7 Å². The third-order valence-corrected chi connectivity index (χ3v) is 2.93. The molecule has 2 atom stereocenters. The predicted octanol–water partition coefficient (Wildman–Crippen LogP) is 2.44. The molecule has 1 aliphatic heterocycles. The van der Waals surface area contributed by atoms with Crippen LogP contribution < -0.4 is 4.74 Å². The van der Waals surface area contributed by atoms with E-state index in [9.17, 15) is 9.50 Å². The summed E-state index contributed by atoms with van der Waals surface area (Å²) in [5.74, 6) is 0.0440. The lowest BCUT2D eigenvalue weighted by molar-refractivity contribution is -0.0576. The number of ether oxygens (including phenoxy) is 2. The largest absolute Gasteiger partial charge is 0.485 e. The second kappa shape index (κ2) is 4.63. The number of halogens is 1. The summed E-state index contributed by atoms with van der Waals surface area (Å²) >= 11 is 0. The fraction of sp³-hybridized carbons (Fsp3) is 0.538. The van der Waals surface area contributed by atoms with Crippen LogP contribution in [-0.2, 0) is 4.74 Å². The Hall–Kier alpha value is -1.13. The number of hydrogen-bond acceptors (Lipinski definition) is 3. The van der Waals surface area contributed by atoms with Gasteiger partial charge in [0, 0.05) is 24.7 Å². The Balaban J connectivity index is 2.25. The number of rotatable bonds is 3. The van der Waals surface area contributed by atoms with E-state index >= 15 is 0 Å². The molecular formula is C13H17FO3. The van der Waals surface area contributed by atoms with Crippen molar-refractivity contribution in [2.45, 2.75) is 32.0 Å². The van der Waals surface area contributed by atoms with Crippen LogP contribution in [0.3, 0.4) is 0 Å². The summed E-state index contributed by atoms with van der Waals surface area (Å²) in [4.78, 5) is 0. The summed E-state index contributed by atoms with van der Waals surface area (Å²) in [7, 11) is 0. The quantitative estimate of drug-likeness (QED) is 0.882. The standard InChI is InChI=1S/C13H17FO3/c1-3-16-8-13(2)7-11(15)10-5-4-9(14)6-12(10)17-13/h4-6,11,15H,3,7-8H2,1-2H3. The van der Waals surface area contributed by atoms with Crippen LogP contribution in [0, 0.1) is 5.82 Å². The number of benzene rings is 1. The van der Waals surface area contributed by atoms with E-state index in [2.05, 4.69) is 0 Å². The monoisotopic (exact) mass is 240 g/mol. The molecule has 0 saturated heterocycles. The Morgan fingerprint density at radius 1 is 1.59 bits per heavy atom. The highest BCUT2D eigenvalue weighted by atomic mass is 19.1. The van der Waals surface area contributed by atoms with Crippen molar-refractivity contribution in [2.75, 3.05) is 13.2 Å². The van der Waals surface area contributed by atoms with Gasteiger partial charge in [0.2, 0.25) is 0 Å². The van der Waals surface area contributed by atoms with E-state index in [-0.39, 0.29) is 5.82 Å². The fourth-order valence-electron chi connectivity index (χ4n) is 2.10. The summed E-state index contributed by atoms with van der Waals surface area (Å²) in [6.07, 6.45) is -0.184. The lowest BCUT2D eigenvalue weighted by Crippen LogP contribution is -2.42. The van der Waals surface area contributed by atoms with Crippen LogP contribution in [0.15, 0.2) is 18.2 Å². The molecule has 0 aromatic heterocycles. The Bertz CT molecular complexity index is 408. The van der Waals surface area contributed by atoms with Crippen LogP contribution in [-0.4, -0.2) is 23.9 Å². The van der Waals surface area contributed by atoms with E-state index in [1.807, 2.05) is 13.8 Å². The molecule has 0 spiro atoms. The zero-order chi connectivity index (χ0) is 12.5. The van der Waals surface area contributed by atoms with Crippen LogP contribution in [0.4, 0.5) is 4.39 Å². The van der Waals surface area contributed by atoms with Crippen molar-refractivity contribution in [3.05, 3.63) is 29.6 Å². The number of fused-ring (bicyclic) bond motifs is 1. The fourth-order valence-corrected chi connectivity index (χ4v) is 2.10. The maximum absolute atomic E-state index is 13.1. The zero-order valence-corrected chi connectivity index (χ0v) is 10.1. The van der Waals surface area contributed by atoms with Crippen molar-refractivity contribution < 1.29 is 19.0 Å². The van der Waals surface area contributed by atoms with Gasteiger partial charge in [0.15, 0.2) is 0 Å². The Morgan fingerprint density at radius 2 is 2.35 bits per heavy atom. The summed E-state index contributed by atoms with van der Waals surface area (Å²) in [6, 6.07) is 4.20. The molecule has 1 aliphatic rings. The molecule has 0 radical (unpaired) electrons. The highest BCUT2D eigenvalue weighted by molar-refractivity contribution is 5.38. The lowest BCUT2D eigenvalue weighted by atomic mass is 9.91. The van der Waals surface area contributed by atoms with Crippen molar-refractivity contribution in [3.8, 4) is 5.75 Å². The third-order valence-electron chi connectivity index (χ3n) is 2.93. The molecule has 4 heteroatoms. The molecular weight excluding hydrogens is 223 g/mol. The first kappa shape index (κ1) is 12.3. The van der Waals surface area contributed by atoms with Crippen LogP contribution >= 0.6 is 0 Å². The van der Waals surface area contributed by atoms with E-state index in [1.165, 1.54) is 12.1 Å². The molecule has 3 nitrogen and oxygen atoms in total. The first-order chi connectivity index (χ1) is 8.04. The Labute approximate surface area is 100 Å². The van der Waals surface area contributed by atoms with Crippen LogP contribution in [0.5, 0.6) is 5.75 Å².